The predicted octanol–water partition coefficient (Wildman–Crippen LogP) is 2.60. The molecule has 84 valence electrons. The first-order chi connectivity index (χ1) is 7.65. The molecule has 0 spiro atoms. The van der Waals surface area contributed by atoms with Gasteiger partial charge < -0.3 is 5.32 Å². The third-order valence-electron chi connectivity index (χ3n) is 2.20. The molecule has 0 saturated heterocycles. The van der Waals surface area contributed by atoms with Gasteiger partial charge in [-0.3, -0.25) is 5.10 Å². The van der Waals surface area contributed by atoms with Gasteiger partial charge in [0.25, 0.3) is 0 Å². The van der Waals surface area contributed by atoms with E-state index in [0.717, 1.165) is 22.9 Å². The average Bonchev–Trinajstić information content (AvgIpc) is 2.65. The van der Waals surface area contributed by atoms with Crippen molar-refractivity contribution < 1.29 is 0 Å². The molecule has 1 heterocycles. The molecule has 4 nitrogen and oxygen atoms in total. The van der Waals surface area contributed by atoms with Crippen LogP contribution in [0.2, 0.25) is 0 Å². The van der Waals surface area contributed by atoms with Gasteiger partial charge in [0.15, 0.2) is 5.82 Å². The molecule has 0 aliphatic heterocycles. The van der Waals surface area contributed by atoms with Gasteiger partial charge in [0, 0.05) is 17.3 Å². The molecule has 0 amide bonds. The molecule has 0 saturated carbocycles. The van der Waals surface area contributed by atoms with Crippen LogP contribution in [0.3, 0.4) is 0 Å². The van der Waals surface area contributed by atoms with Gasteiger partial charge in [0.05, 0.1) is 0 Å². The van der Waals surface area contributed by atoms with E-state index in [1.165, 1.54) is 0 Å². The molecule has 0 aliphatic carbocycles. The van der Waals surface area contributed by atoms with Gasteiger partial charge in [-0.15, -0.1) is 0 Å². The Morgan fingerprint density at radius 2 is 1.88 bits per heavy atom. The number of aromatic nitrogens is 3. The van der Waals surface area contributed by atoms with Gasteiger partial charge >= 0.3 is 0 Å². The molecular formula is C12H16N4. The molecule has 2 aromatic rings. The van der Waals surface area contributed by atoms with E-state index in [2.05, 4.69) is 34.3 Å². The highest BCUT2D eigenvalue weighted by Gasteiger charge is 2.03. The highest BCUT2D eigenvalue weighted by Crippen LogP contribution is 2.18. The van der Waals surface area contributed by atoms with Crippen molar-refractivity contribution in [3.8, 4) is 11.4 Å². The number of benzene rings is 1. The standard InChI is InChI=1S/C12H16N4/c1-8(2)13-11-6-4-10(5-7-11)12-14-9(3)15-16-12/h4-8,13H,1-3H3,(H,14,15,16). The average molecular weight is 216 g/mol. The molecule has 4 heteroatoms. The maximum Gasteiger partial charge on any atom is 0.181 e. The van der Waals surface area contributed by atoms with Gasteiger partial charge in [-0.1, -0.05) is 0 Å². The minimum Gasteiger partial charge on any atom is -0.383 e. The van der Waals surface area contributed by atoms with Gasteiger partial charge in [-0.05, 0) is 45.0 Å². The van der Waals surface area contributed by atoms with Crippen molar-refractivity contribution in [3.63, 3.8) is 0 Å². The minimum absolute atomic E-state index is 0.441. The highest BCUT2D eigenvalue weighted by molar-refractivity contribution is 5.59. The Labute approximate surface area is 95.1 Å². The third kappa shape index (κ3) is 2.39. The smallest absolute Gasteiger partial charge is 0.181 e. The fourth-order valence-corrected chi connectivity index (χ4v) is 1.52. The van der Waals surface area contributed by atoms with Crippen molar-refractivity contribution in [3.05, 3.63) is 30.1 Å². The summed E-state index contributed by atoms with van der Waals surface area (Å²) >= 11 is 0. The summed E-state index contributed by atoms with van der Waals surface area (Å²) in [6, 6.07) is 8.57. The van der Waals surface area contributed by atoms with Crippen molar-refractivity contribution in [2.24, 2.45) is 0 Å². The minimum atomic E-state index is 0.441. The van der Waals surface area contributed by atoms with Crippen LogP contribution in [0, 0.1) is 6.92 Å². The van der Waals surface area contributed by atoms with E-state index < -0.39 is 0 Å². The predicted molar refractivity (Wildman–Crippen MR) is 65.3 cm³/mol. The van der Waals surface area contributed by atoms with E-state index in [4.69, 9.17) is 0 Å². The van der Waals surface area contributed by atoms with E-state index >= 15 is 0 Å². The second-order valence-electron chi connectivity index (χ2n) is 4.12. The van der Waals surface area contributed by atoms with Crippen molar-refractivity contribution in [1.82, 2.24) is 15.2 Å². The molecule has 1 aromatic carbocycles. The maximum absolute atomic E-state index is 4.28. The van der Waals surface area contributed by atoms with Gasteiger partial charge in [-0.2, -0.15) is 5.10 Å². The fraction of sp³-hybridized carbons (Fsp3) is 0.333. The summed E-state index contributed by atoms with van der Waals surface area (Å²) < 4.78 is 0. The fourth-order valence-electron chi connectivity index (χ4n) is 1.52. The Bertz CT molecular complexity index is 456. The normalized spacial score (nSPS) is 10.8. The van der Waals surface area contributed by atoms with Crippen molar-refractivity contribution in [2.75, 3.05) is 5.32 Å². The van der Waals surface area contributed by atoms with Crippen LogP contribution < -0.4 is 5.32 Å². The molecule has 0 radical (unpaired) electrons. The van der Waals surface area contributed by atoms with Crippen molar-refractivity contribution in [1.29, 1.82) is 0 Å². The number of rotatable bonds is 3. The van der Waals surface area contributed by atoms with Crippen LogP contribution in [0.4, 0.5) is 5.69 Å². The monoisotopic (exact) mass is 216 g/mol. The zero-order valence-corrected chi connectivity index (χ0v) is 9.78. The zero-order chi connectivity index (χ0) is 11.5. The first kappa shape index (κ1) is 10.7. The number of anilines is 1. The lowest BCUT2D eigenvalue weighted by Gasteiger charge is -2.09. The van der Waals surface area contributed by atoms with E-state index in [1.54, 1.807) is 0 Å². The lowest BCUT2D eigenvalue weighted by atomic mass is 10.2. The summed E-state index contributed by atoms with van der Waals surface area (Å²) in [6.07, 6.45) is 0. The number of nitrogens with zero attached hydrogens (tertiary/aromatic N) is 2. The second kappa shape index (κ2) is 4.35. The third-order valence-corrected chi connectivity index (χ3v) is 2.20. The Morgan fingerprint density at radius 1 is 1.19 bits per heavy atom. The van der Waals surface area contributed by atoms with Crippen molar-refractivity contribution in [2.45, 2.75) is 26.8 Å². The summed E-state index contributed by atoms with van der Waals surface area (Å²) in [6.45, 7) is 6.13. The number of hydrogen-bond acceptors (Lipinski definition) is 3. The molecule has 2 N–H and O–H groups in total. The molecule has 0 unspecified atom stereocenters. The molecular weight excluding hydrogens is 200 g/mol. The maximum atomic E-state index is 4.28. The van der Waals surface area contributed by atoms with E-state index in [0.29, 0.717) is 6.04 Å². The van der Waals surface area contributed by atoms with E-state index in [9.17, 15) is 0 Å². The lowest BCUT2D eigenvalue weighted by molar-refractivity contribution is 0.900. The van der Waals surface area contributed by atoms with Crippen LogP contribution in [0.5, 0.6) is 0 Å². The van der Waals surface area contributed by atoms with E-state index in [-0.39, 0.29) is 0 Å². The van der Waals surface area contributed by atoms with Crippen LogP contribution in [-0.4, -0.2) is 21.2 Å². The molecule has 0 bridgehead atoms. The number of aromatic amines is 1. The topological polar surface area (TPSA) is 53.6 Å². The van der Waals surface area contributed by atoms with Crippen LogP contribution in [0.1, 0.15) is 19.7 Å². The number of H-pyrrole nitrogens is 1. The quantitative estimate of drug-likeness (QED) is 0.829. The molecule has 0 atom stereocenters. The summed E-state index contributed by atoms with van der Waals surface area (Å²) in [7, 11) is 0. The Kier molecular flexibility index (Phi) is 2.90. The molecule has 0 fully saturated rings. The molecule has 1 aromatic heterocycles. The van der Waals surface area contributed by atoms with Crippen LogP contribution in [0.15, 0.2) is 24.3 Å². The summed E-state index contributed by atoms with van der Waals surface area (Å²) in [4.78, 5) is 4.28. The van der Waals surface area contributed by atoms with Gasteiger partial charge in [-0.25, -0.2) is 4.98 Å². The SMILES string of the molecule is Cc1nc(-c2ccc(NC(C)C)cc2)n[nH]1. The Balaban J connectivity index is 2.19. The van der Waals surface area contributed by atoms with Gasteiger partial charge in [0.1, 0.15) is 5.82 Å². The zero-order valence-electron chi connectivity index (χ0n) is 9.78. The summed E-state index contributed by atoms with van der Waals surface area (Å²) in [5.41, 5.74) is 2.14. The summed E-state index contributed by atoms with van der Waals surface area (Å²) in [5, 5.41) is 10.3. The first-order valence-electron chi connectivity index (χ1n) is 5.41. The first-order valence-corrected chi connectivity index (χ1v) is 5.41. The Hall–Kier alpha value is -1.84. The van der Waals surface area contributed by atoms with Crippen molar-refractivity contribution >= 4 is 5.69 Å². The lowest BCUT2D eigenvalue weighted by Crippen LogP contribution is -2.09. The van der Waals surface area contributed by atoms with Crippen LogP contribution in [0.25, 0.3) is 11.4 Å². The van der Waals surface area contributed by atoms with Gasteiger partial charge in [0.2, 0.25) is 0 Å². The molecule has 16 heavy (non-hydrogen) atoms. The van der Waals surface area contributed by atoms with E-state index in [1.807, 2.05) is 31.2 Å². The van der Waals surface area contributed by atoms with Crippen LogP contribution in [-0.2, 0) is 0 Å². The second-order valence-corrected chi connectivity index (χ2v) is 4.12. The number of aryl methyl sites for hydroxylation is 1. The van der Waals surface area contributed by atoms with Crippen LogP contribution >= 0.6 is 0 Å². The highest BCUT2D eigenvalue weighted by atomic mass is 15.2. The largest absolute Gasteiger partial charge is 0.383 e. The summed E-state index contributed by atoms with van der Waals surface area (Å²) in [5.74, 6) is 1.58. The molecule has 0 aliphatic rings. The number of nitrogens with one attached hydrogen (secondary N) is 2. The Morgan fingerprint density at radius 3 is 2.38 bits per heavy atom. The number of hydrogen-bond donors (Lipinski definition) is 2. The molecule has 2 rings (SSSR count).